The van der Waals surface area contributed by atoms with Gasteiger partial charge >= 0.3 is 0 Å². The number of unbranched alkanes of at least 4 members (excludes halogenated alkanes) is 1. The molecule has 0 spiro atoms. The highest BCUT2D eigenvalue weighted by molar-refractivity contribution is 5.46. The summed E-state index contributed by atoms with van der Waals surface area (Å²) in [5, 5.41) is 0. The van der Waals surface area contributed by atoms with Gasteiger partial charge in [-0.05, 0) is 32.1 Å². The summed E-state index contributed by atoms with van der Waals surface area (Å²) < 4.78 is 0. The zero-order valence-electron chi connectivity index (χ0n) is 12.8. The lowest BCUT2D eigenvalue weighted by Crippen LogP contribution is -2.31. The van der Waals surface area contributed by atoms with Crippen molar-refractivity contribution in [2.75, 3.05) is 34.9 Å². The van der Waals surface area contributed by atoms with Crippen LogP contribution in [0.4, 0.5) is 17.8 Å². The molecule has 1 aliphatic carbocycles. The van der Waals surface area contributed by atoms with Crippen molar-refractivity contribution in [1.82, 2.24) is 15.0 Å². The fourth-order valence-corrected chi connectivity index (χ4v) is 2.77. The van der Waals surface area contributed by atoms with E-state index >= 15 is 0 Å². The maximum Gasteiger partial charge on any atom is 0.243 e. The Labute approximate surface area is 125 Å². The summed E-state index contributed by atoms with van der Waals surface area (Å²) in [6.45, 7) is 5.26. The molecule has 3 rings (SSSR count). The van der Waals surface area contributed by atoms with Crippen LogP contribution in [0.15, 0.2) is 0 Å². The van der Waals surface area contributed by atoms with Crippen molar-refractivity contribution in [3.05, 3.63) is 0 Å². The van der Waals surface area contributed by atoms with Crippen LogP contribution in [0, 0.1) is 0 Å². The number of hydrogen-bond acceptors (Lipinski definition) is 7. The van der Waals surface area contributed by atoms with Gasteiger partial charge in [0.2, 0.25) is 17.8 Å². The van der Waals surface area contributed by atoms with Crippen molar-refractivity contribution in [2.45, 2.75) is 51.5 Å². The molecule has 0 amide bonds. The van der Waals surface area contributed by atoms with Crippen molar-refractivity contribution in [2.24, 2.45) is 5.84 Å². The lowest BCUT2D eigenvalue weighted by atomic mass is 10.3. The van der Waals surface area contributed by atoms with E-state index in [4.69, 9.17) is 10.8 Å². The molecule has 1 aliphatic heterocycles. The quantitative estimate of drug-likeness (QED) is 0.582. The molecule has 21 heavy (non-hydrogen) atoms. The fourth-order valence-electron chi connectivity index (χ4n) is 2.77. The standard InChI is InChI=1S/C14H25N7/c1-2-3-10-21(11-6-7-11)14-17-12(19-15)16-13(18-14)20-8-4-5-9-20/h11H,2-10,15H2,1H3,(H,16,17,18,19). The third-order valence-corrected chi connectivity index (χ3v) is 4.13. The molecule has 1 saturated heterocycles. The van der Waals surface area contributed by atoms with Crippen LogP contribution in [-0.4, -0.2) is 40.6 Å². The third kappa shape index (κ3) is 3.34. The van der Waals surface area contributed by atoms with Gasteiger partial charge in [0.1, 0.15) is 0 Å². The maximum absolute atomic E-state index is 5.54. The van der Waals surface area contributed by atoms with Crippen molar-refractivity contribution in [3.63, 3.8) is 0 Å². The topological polar surface area (TPSA) is 83.2 Å². The molecule has 7 nitrogen and oxygen atoms in total. The first-order valence-electron chi connectivity index (χ1n) is 8.06. The van der Waals surface area contributed by atoms with Gasteiger partial charge in [-0.15, -0.1) is 0 Å². The van der Waals surface area contributed by atoms with Crippen LogP contribution < -0.4 is 21.1 Å². The van der Waals surface area contributed by atoms with Gasteiger partial charge < -0.3 is 9.80 Å². The monoisotopic (exact) mass is 291 g/mol. The molecule has 1 aromatic rings. The Balaban J connectivity index is 1.86. The highest BCUT2D eigenvalue weighted by Crippen LogP contribution is 2.31. The van der Waals surface area contributed by atoms with Gasteiger partial charge in [-0.25, -0.2) is 5.84 Å². The first-order chi connectivity index (χ1) is 10.3. The van der Waals surface area contributed by atoms with E-state index in [0.717, 1.165) is 38.0 Å². The van der Waals surface area contributed by atoms with E-state index in [1.165, 1.54) is 32.1 Å². The number of nitrogens with zero attached hydrogens (tertiary/aromatic N) is 5. The number of rotatable bonds is 7. The van der Waals surface area contributed by atoms with Crippen LogP contribution in [0.25, 0.3) is 0 Å². The second kappa shape index (κ2) is 6.43. The third-order valence-electron chi connectivity index (χ3n) is 4.13. The molecule has 1 aromatic heterocycles. The van der Waals surface area contributed by atoms with E-state index in [1.54, 1.807) is 0 Å². The highest BCUT2D eigenvalue weighted by Gasteiger charge is 2.31. The Kier molecular flexibility index (Phi) is 4.38. The van der Waals surface area contributed by atoms with E-state index < -0.39 is 0 Å². The van der Waals surface area contributed by atoms with E-state index in [9.17, 15) is 0 Å². The number of aromatic nitrogens is 3. The molecule has 3 N–H and O–H groups in total. The van der Waals surface area contributed by atoms with Crippen LogP contribution in [0.2, 0.25) is 0 Å². The van der Waals surface area contributed by atoms with Gasteiger partial charge in [0, 0.05) is 25.7 Å². The van der Waals surface area contributed by atoms with Crippen LogP contribution in [0.5, 0.6) is 0 Å². The molecule has 116 valence electrons. The predicted molar refractivity (Wildman–Crippen MR) is 84.4 cm³/mol. The molecule has 0 unspecified atom stereocenters. The van der Waals surface area contributed by atoms with Gasteiger partial charge in [-0.1, -0.05) is 13.3 Å². The lowest BCUT2D eigenvalue weighted by Gasteiger charge is -2.24. The second-order valence-electron chi connectivity index (χ2n) is 5.88. The molecule has 2 fully saturated rings. The Morgan fingerprint density at radius 1 is 1.24 bits per heavy atom. The normalized spacial score (nSPS) is 18.1. The Bertz CT molecular complexity index is 468. The summed E-state index contributed by atoms with van der Waals surface area (Å²) in [6.07, 6.45) is 7.21. The SMILES string of the molecule is CCCCN(c1nc(NN)nc(N2CCCC2)n1)C1CC1. The second-order valence-corrected chi connectivity index (χ2v) is 5.88. The summed E-state index contributed by atoms with van der Waals surface area (Å²) in [5.41, 5.74) is 2.59. The molecule has 2 heterocycles. The number of anilines is 3. The number of hydrazine groups is 1. The van der Waals surface area contributed by atoms with Crippen molar-refractivity contribution in [3.8, 4) is 0 Å². The summed E-state index contributed by atoms with van der Waals surface area (Å²) in [4.78, 5) is 18.2. The van der Waals surface area contributed by atoms with E-state index in [2.05, 4.69) is 32.1 Å². The minimum Gasteiger partial charge on any atom is -0.341 e. The summed E-state index contributed by atoms with van der Waals surface area (Å²) in [5.74, 6) is 7.53. The van der Waals surface area contributed by atoms with Gasteiger partial charge in [-0.2, -0.15) is 15.0 Å². The van der Waals surface area contributed by atoms with E-state index in [1.807, 2.05) is 0 Å². The van der Waals surface area contributed by atoms with Crippen LogP contribution in [-0.2, 0) is 0 Å². The molecule has 2 aliphatic rings. The van der Waals surface area contributed by atoms with Gasteiger partial charge in [0.15, 0.2) is 0 Å². The minimum absolute atomic E-state index is 0.462. The maximum atomic E-state index is 5.54. The smallest absolute Gasteiger partial charge is 0.243 e. The summed E-state index contributed by atoms with van der Waals surface area (Å²) in [6, 6.07) is 0.594. The number of nitrogen functional groups attached to an aromatic ring is 1. The van der Waals surface area contributed by atoms with Crippen molar-refractivity contribution in [1.29, 1.82) is 0 Å². The summed E-state index contributed by atoms with van der Waals surface area (Å²) >= 11 is 0. The average Bonchev–Trinajstić information content (AvgIpc) is 3.20. The Morgan fingerprint density at radius 3 is 2.62 bits per heavy atom. The van der Waals surface area contributed by atoms with Gasteiger partial charge in [0.05, 0.1) is 0 Å². The number of nitrogens with two attached hydrogens (primary N) is 1. The number of nitrogens with one attached hydrogen (secondary N) is 1. The summed E-state index contributed by atoms with van der Waals surface area (Å²) in [7, 11) is 0. The largest absolute Gasteiger partial charge is 0.341 e. The predicted octanol–water partition coefficient (Wildman–Crippen LogP) is 1.53. The van der Waals surface area contributed by atoms with E-state index in [0.29, 0.717) is 12.0 Å². The highest BCUT2D eigenvalue weighted by atomic mass is 15.4. The van der Waals surface area contributed by atoms with Gasteiger partial charge in [-0.3, -0.25) is 5.43 Å². The Morgan fingerprint density at radius 2 is 2.00 bits per heavy atom. The molecule has 0 atom stereocenters. The zero-order chi connectivity index (χ0) is 14.7. The first kappa shape index (κ1) is 14.3. The van der Waals surface area contributed by atoms with Gasteiger partial charge in [0.25, 0.3) is 0 Å². The van der Waals surface area contributed by atoms with Crippen molar-refractivity contribution < 1.29 is 0 Å². The molecule has 0 aromatic carbocycles. The van der Waals surface area contributed by atoms with Crippen LogP contribution in [0.3, 0.4) is 0 Å². The first-order valence-corrected chi connectivity index (χ1v) is 8.06. The Hall–Kier alpha value is -1.63. The molecule has 0 bridgehead atoms. The molecular weight excluding hydrogens is 266 g/mol. The number of hydrogen-bond donors (Lipinski definition) is 2. The average molecular weight is 291 g/mol. The van der Waals surface area contributed by atoms with Crippen molar-refractivity contribution >= 4 is 17.8 Å². The molecule has 0 radical (unpaired) electrons. The minimum atomic E-state index is 0.462. The van der Waals surface area contributed by atoms with Crippen LogP contribution in [0.1, 0.15) is 45.4 Å². The van der Waals surface area contributed by atoms with Crippen LogP contribution >= 0.6 is 0 Å². The lowest BCUT2D eigenvalue weighted by molar-refractivity contribution is 0.690. The molecule has 7 heteroatoms. The molecular formula is C14H25N7. The fraction of sp³-hybridized carbons (Fsp3) is 0.786. The van der Waals surface area contributed by atoms with E-state index in [-0.39, 0.29) is 0 Å². The zero-order valence-corrected chi connectivity index (χ0v) is 12.8. The molecule has 1 saturated carbocycles.